The first-order valence-corrected chi connectivity index (χ1v) is 5.43. The minimum Gasteiger partial charge on any atom is -0.398 e. The second-order valence-electron chi connectivity index (χ2n) is 3.29. The molecule has 0 saturated carbocycles. The first kappa shape index (κ1) is 9.80. The molecule has 1 aliphatic heterocycles. The van der Waals surface area contributed by atoms with Gasteiger partial charge in [-0.2, -0.15) is 0 Å². The van der Waals surface area contributed by atoms with Gasteiger partial charge >= 0.3 is 0 Å². The maximum atomic E-state index is 12.9. The summed E-state index contributed by atoms with van der Waals surface area (Å²) in [6, 6.07) is 4.47. The topological polar surface area (TPSA) is 35.2 Å². The molecule has 1 heterocycles. The lowest BCUT2D eigenvalue weighted by molar-refractivity contribution is 0.199. The third kappa shape index (κ3) is 2.19. The van der Waals surface area contributed by atoms with Gasteiger partial charge in [0.15, 0.2) is 0 Å². The minimum atomic E-state index is -0.236. The van der Waals surface area contributed by atoms with Gasteiger partial charge in [0, 0.05) is 22.4 Å². The van der Waals surface area contributed by atoms with E-state index in [-0.39, 0.29) is 5.82 Å². The summed E-state index contributed by atoms with van der Waals surface area (Å²) in [6.45, 7) is 1.54. The van der Waals surface area contributed by atoms with Crippen LogP contribution in [0.4, 0.5) is 10.1 Å². The summed E-state index contributed by atoms with van der Waals surface area (Å²) in [7, 11) is 0. The summed E-state index contributed by atoms with van der Waals surface area (Å²) >= 11 is 1.60. The molecule has 4 heteroatoms. The van der Waals surface area contributed by atoms with Crippen molar-refractivity contribution in [3.8, 4) is 0 Å². The van der Waals surface area contributed by atoms with Gasteiger partial charge in [0.25, 0.3) is 0 Å². The molecule has 0 amide bonds. The second-order valence-corrected chi connectivity index (χ2v) is 4.63. The lowest BCUT2D eigenvalue weighted by atomic mass is 10.3. The van der Waals surface area contributed by atoms with Gasteiger partial charge in [-0.1, -0.05) is 0 Å². The van der Waals surface area contributed by atoms with Gasteiger partial charge in [-0.15, -0.1) is 11.8 Å². The summed E-state index contributed by atoms with van der Waals surface area (Å²) in [6.07, 6.45) is 1.01. The molecule has 14 heavy (non-hydrogen) atoms. The molecule has 0 aromatic heterocycles. The summed E-state index contributed by atoms with van der Waals surface area (Å²) in [4.78, 5) is 0.820. The van der Waals surface area contributed by atoms with Crippen molar-refractivity contribution in [2.45, 2.75) is 16.6 Å². The highest BCUT2D eigenvalue weighted by atomic mass is 32.2. The highest BCUT2D eigenvalue weighted by Gasteiger charge is 2.17. The number of rotatable bonds is 2. The molecule has 0 bridgehead atoms. The summed E-state index contributed by atoms with van der Waals surface area (Å²) < 4.78 is 18.2. The van der Waals surface area contributed by atoms with Gasteiger partial charge in [-0.05, 0) is 24.6 Å². The van der Waals surface area contributed by atoms with Crippen LogP contribution in [-0.4, -0.2) is 18.5 Å². The molecular formula is C10H12FNOS. The van der Waals surface area contributed by atoms with Gasteiger partial charge in [0.1, 0.15) is 5.82 Å². The Kier molecular flexibility index (Phi) is 2.93. The van der Waals surface area contributed by atoms with Crippen LogP contribution in [0.15, 0.2) is 23.1 Å². The Labute approximate surface area is 86.6 Å². The van der Waals surface area contributed by atoms with E-state index in [0.717, 1.165) is 24.5 Å². The number of halogens is 1. The number of thioether (sulfide) groups is 1. The number of nitrogens with two attached hydrogens (primary N) is 1. The maximum absolute atomic E-state index is 12.9. The minimum absolute atomic E-state index is 0.236. The number of hydrogen-bond acceptors (Lipinski definition) is 3. The standard InChI is InChI=1S/C10H12FNOS/c11-7-1-2-9(12)10(5-7)14-8-3-4-13-6-8/h1-2,5,8H,3-4,6,12H2. The maximum Gasteiger partial charge on any atom is 0.124 e. The molecule has 2 rings (SSSR count). The Bertz CT molecular complexity index is 326. The highest BCUT2D eigenvalue weighted by Crippen LogP contribution is 2.32. The average molecular weight is 213 g/mol. The number of nitrogen functional groups attached to an aromatic ring is 1. The smallest absolute Gasteiger partial charge is 0.124 e. The fraction of sp³-hybridized carbons (Fsp3) is 0.400. The van der Waals surface area contributed by atoms with E-state index in [9.17, 15) is 4.39 Å². The Morgan fingerprint density at radius 3 is 3.07 bits per heavy atom. The van der Waals surface area contributed by atoms with Crippen LogP contribution in [-0.2, 0) is 4.74 Å². The molecule has 1 fully saturated rings. The van der Waals surface area contributed by atoms with Crippen molar-refractivity contribution in [3.63, 3.8) is 0 Å². The lowest BCUT2D eigenvalue weighted by Gasteiger charge is -2.09. The van der Waals surface area contributed by atoms with Crippen LogP contribution in [0.3, 0.4) is 0 Å². The van der Waals surface area contributed by atoms with Crippen LogP contribution in [0.2, 0.25) is 0 Å². The van der Waals surface area contributed by atoms with E-state index in [2.05, 4.69) is 0 Å². The van der Waals surface area contributed by atoms with Crippen molar-refractivity contribution >= 4 is 17.4 Å². The summed E-state index contributed by atoms with van der Waals surface area (Å²) in [5, 5.41) is 0.416. The van der Waals surface area contributed by atoms with Crippen molar-refractivity contribution in [2.24, 2.45) is 0 Å². The van der Waals surface area contributed by atoms with Gasteiger partial charge in [-0.25, -0.2) is 4.39 Å². The Balaban J connectivity index is 2.10. The van der Waals surface area contributed by atoms with E-state index in [1.807, 2.05) is 0 Å². The zero-order valence-corrected chi connectivity index (χ0v) is 8.52. The first-order valence-electron chi connectivity index (χ1n) is 4.55. The van der Waals surface area contributed by atoms with Crippen LogP contribution < -0.4 is 5.73 Å². The van der Waals surface area contributed by atoms with Gasteiger partial charge in [0.2, 0.25) is 0 Å². The van der Waals surface area contributed by atoms with E-state index >= 15 is 0 Å². The van der Waals surface area contributed by atoms with E-state index < -0.39 is 0 Å². The Morgan fingerprint density at radius 2 is 2.36 bits per heavy atom. The van der Waals surface area contributed by atoms with Gasteiger partial charge < -0.3 is 10.5 Å². The zero-order chi connectivity index (χ0) is 9.97. The van der Waals surface area contributed by atoms with Crippen molar-refractivity contribution in [3.05, 3.63) is 24.0 Å². The molecule has 1 aromatic rings. The summed E-state index contributed by atoms with van der Waals surface area (Å²) in [5.41, 5.74) is 6.38. The quantitative estimate of drug-likeness (QED) is 0.765. The zero-order valence-electron chi connectivity index (χ0n) is 7.70. The van der Waals surface area contributed by atoms with Crippen molar-refractivity contribution in [2.75, 3.05) is 18.9 Å². The molecule has 2 nitrogen and oxygen atoms in total. The van der Waals surface area contributed by atoms with E-state index in [1.165, 1.54) is 12.1 Å². The average Bonchev–Trinajstić information content (AvgIpc) is 2.64. The number of anilines is 1. The van der Waals surface area contributed by atoms with E-state index in [4.69, 9.17) is 10.5 Å². The number of benzene rings is 1. The molecule has 1 atom stereocenters. The fourth-order valence-electron chi connectivity index (χ4n) is 1.40. The van der Waals surface area contributed by atoms with Gasteiger partial charge in [0.05, 0.1) is 6.61 Å². The molecule has 76 valence electrons. The largest absolute Gasteiger partial charge is 0.398 e. The number of hydrogen-bond donors (Lipinski definition) is 1. The molecular weight excluding hydrogens is 201 g/mol. The van der Waals surface area contributed by atoms with Crippen LogP contribution in [0.1, 0.15) is 6.42 Å². The molecule has 0 radical (unpaired) electrons. The Morgan fingerprint density at radius 1 is 1.50 bits per heavy atom. The fourth-order valence-corrected chi connectivity index (χ4v) is 2.52. The third-order valence-electron chi connectivity index (χ3n) is 2.16. The molecule has 1 aromatic carbocycles. The van der Waals surface area contributed by atoms with Crippen LogP contribution in [0.25, 0.3) is 0 Å². The van der Waals surface area contributed by atoms with E-state index in [1.54, 1.807) is 17.8 Å². The van der Waals surface area contributed by atoms with Crippen molar-refractivity contribution < 1.29 is 9.13 Å². The van der Waals surface area contributed by atoms with Crippen LogP contribution in [0, 0.1) is 5.82 Å². The highest BCUT2D eigenvalue weighted by molar-refractivity contribution is 8.00. The SMILES string of the molecule is Nc1ccc(F)cc1SC1CCOC1. The molecule has 0 spiro atoms. The predicted octanol–water partition coefficient (Wildman–Crippen LogP) is 2.29. The monoisotopic (exact) mass is 213 g/mol. The molecule has 1 unspecified atom stereocenters. The van der Waals surface area contributed by atoms with E-state index in [0.29, 0.717) is 10.9 Å². The Hall–Kier alpha value is -0.740. The normalized spacial score (nSPS) is 21.4. The molecule has 1 saturated heterocycles. The van der Waals surface area contributed by atoms with Crippen molar-refractivity contribution in [1.29, 1.82) is 0 Å². The molecule has 2 N–H and O–H groups in total. The first-order chi connectivity index (χ1) is 6.75. The van der Waals surface area contributed by atoms with Crippen LogP contribution in [0.5, 0.6) is 0 Å². The molecule has 0 aliphatic carbocycles. The molecule has 1 aliphatic rings. The van der Waals surface area contributed by atoms with Crippen molar-refractivity contribution in [1.82, 2.24) is 0 Å². The second kappa shape index (κ2) is 4.19. The van der Waals surface area contributed by atoms with Gasteiger partial charge in [-0.3, -0.25) is 0 Å². The third-order valence-corrected chi connectivity index (χ3v) is 3.47. The van der Waals surface area contributed by atoms with Crippen LogP contribution >= 0.6 is 11.8 Å². The lowest BCUT2D eigenvalue weighted by Crippen LogP contribution is -2.01. The summed E-state index contributed by atoms with van der Waals surface area (Å²) in [5.74, 6) is -0.236. The predicted molar refractivity (Wildman–Crippen MR) is 55.9 cm³/mol. The number of ether oxygens (including phenoxy) is 1.